The van der Waals surface area contributed by atoms with E-state index in [2.05, 4.69) is 22.0 Å². The summed E-state index contributed by atoms with van der Waals surface area (Å²) in [6.07, 6.45) is 1.67. The molecule has 37 heavy (non-hydrogen) atoms. The molecule has 8 heteroatoms. The van der Waals surface area contributed by atoms with Gasteiger partial charge in [0.2, 0.25) is 0 Å². The van der Waals surface area contributed by atoms with E-state index in [0.717, 1.165) is 60.6 Å². The monoisotopic (exact) mass is 501 g/mol. The number of carbonyl (C=O) groups is 1. The lowest BCUT2D eigenvalue weighted by Crippen LogP contribution is -2.36. The molecule has 2 heterocycles. The first-order chi connectivity index (χ1) is 18.0. The Morgan fingerprint density at radius 1 is 0.973 bits per heavy atom. The molecule has 3 aromatic carbocycles. The second kappa shape index (κ2) is 10.9. The standard InChI is InChI=1S/C29H31N3O5/c1-2-36-27-16-21(8-11-26(27)37-19-20-6-4-3-5-7-20)18-31-14-12-23(13-15-31)32-25-10-9-22(28(33)34)17-24(25)30-29(32)35/h3-11,16-17,23H,2,12-15,18-19H2,1H3,(H,30,35)(H,33,34). The third kappa shape index (κ3) is 5.54. The van der Waals surface area contributed by atoms with Crippen LogP contribution in [0.25, 0.3) is 11.0 Å². The lowest BCUT2D eigenvalue weighted by atomic mass is 10.0. The minimum atomic E-state index is -1.01. The van der Waals surface area contributed by atoms with E-state index in [1.807, 2.05) is 43.3 Å². The molecule has 2 N–H and O–H groups in total. The molecule has 0 radical (unpaired) electrons. The zero-order valence-electron chi connectivity index (χ0n) is 20.9. The predicted molar refractivity (Wildman–Crippen MR) is 141 cm³/mol. The number of aromatic nitrogens is 2. The van der Waals surface area contributed by atoms with Gasteiger partial charge in [-0.3, -0.25) is 9.47 Å². The minimum Gasteiger partial charge on any atom is -0.490 e. The number of H-pyrrole nitrogens is 1. The lowest BCUT2D eigenvalue weighted by Gasteiger charge is -2.32. The van der Waals surface area contributed by atoms with Crippen molar-refractivity contribution < 1.29 is 19.4 Å². The number of rotatable bonds is 9. The number of aromatic amines is 1. The number of nitrogens with zero attached hydrogens (tertiary/aromatic N) is 2. The van der Waals surface area contributed by atoms with Crippen LogP contribution in [0.15, 0.2) is 71.5 Å². The van der Waals surface area contributed by atoms with Crippen LogP contribution in [0.5, 0.6) is 11.5 Å². The maximum Gasteiger partial charge on any atom is 0.335 e. The summed E-state index contributed by atoms with van der Waals surface area (Å²) in [6, 6.07) is 21.0. The van der Waals surface area contributed by atoms with Gasteiger partial charge in [-0.2, -0.15) is 0 Å². The van der Waals surface area contributed by atoms with Gasteiger partial charge in [-0.05, 0) is 61.2 Å². The summed E-state index contributed by atoms with van der Waals surface area (Å²) in [5.74, 6) is 0.474. The largest absolute Gasteiger partial charge is 0.490 e. The van der Waals surface area contributed by atoms with E-state index in [0.29, 0.717) is 18.7 Å². The molecule has 5 rings (SSSR count). The molecule has 0 unspecified atom stereocenters. The molecule has 1 saturated heterocycles. The van der Waals surface area contributed by atoms with Gasteiger partial charge >= 0.3 is 11.7 Å². The molecular formula is C29H31N3O5. The summed E-state index contributed by atoms with van der Waals surface area (Å²) in [5, 5.41) is 9.24. The van der Waals surface area contributed by atoms with Gasteiger partial charge in [-0.1, -0.05) is 36.4 Å². The van der Waals surface area contributed by atoms with Crippen LogP contribution in [0.2, 0.25) is 0 Å². The van der Waals surface area contributed by atoms with Gasteiger partial charge in [0.05, 0.1) is 23.2 Å². The highest BCUT2D eigenvalue weighted by atomic mass is 16.5. The Morgan fingerprint density at radius 3 is 2.49 bits per heavy atom. The summed E-state index contributed by atoms with van der Waals surface area (Å²) in [4.78, 5) is 29.2. The van der Waals surface area contributed by atoms with Crippen molar-refractivity contribution >= 4 is 17.0 Å². The normalized spacial score (nSPS) is 14.6. The molecule has 8 nitrogen and oxygen atoms in total. The van der Waals surface area contributed by atoms with Crippen LogP contribution in [0.4, 0.5) is 0 Å². The number of carboxylic acid groups (broad SMARTS) is 1. The second-order valence-corrected chi connectivity index (χ2v) is 9.33. The number of carboxylic acids is 1. The summed E-state index contributed by atoms with van der Waals surface area (Å²) in [6.45, 7) is 5.51. The first-order valence-electron chi connectivity index (χ1n) is 12.6. The van der Waals surface area contributed by atoms with Crippen molar-refractivity contribution in [1.29, 1.82) is 0 Å². The van der Waals surface area contributed by atoms with Gasteiger partial charge < -0.3 is 19.6 Å². The van der Waals surface area contributed by atoms with Gasteiger partial charge in [0, 0.05) is 25.7 Å². The maximum absolute atomic E-state index is 12.7. The zero-order chi connectivity index (χ0) is 25.8. The molecule has 0 spiro atoms. The van der Waals surface area contributed by atoms with E-state index in [1.165, 1.54) is 6.07 Å². The molecular weight excluding hydrogens is 470 g/mol. The highest BCUT2D eigenvalue weighted by Crippen LogP contribution is 2.31. The highest BCUT2D eigenvalue weighted by Gasteiger charge is 2.24. The predicted octanol–water partition coefficient (Wildman–Crippen LogP) is 4.84. The molecule has 1 aliphatic rings. The third-order valence-electron chi connectivity index (χ3n) is 6.84. The molecule has 192 valence electrons. The van der Waals surface area contributed by atoms with Crippen LogP contribution in [0.3, 0.4) is 0 Å². The van der Waals surface area contributed by atoms with Crippen molar-refractivity contribution in [2.75, 3.05) is 19.7 Å². The highest BCUT2D eigenvalue weighted by molar-refractivity contribution is 5.92. The van der Waals surface area contributed by atoms with E-state index in [4.69, 9.17) is 9.47 Å². The summed E-state index contributed by atoms with van der Waals surface area (Å²) in [5.41, 5.74) is 3.54. The van der Waals surface area contributed by atoms with Gasteiger partial charge in [-0.15, -0.1) is 0 Å². The molecule has 0 bridgehead atoms. The molecule has 0 atom stereocenters. The van der Waals surface area contributed by atoms with Crippen molar-refractivity contribution in [3.63, 3.8) is 0 Å². The Bertz CT molecular complexity index is 1440. The molecule has 0 amide bonds. The fourth-order valence-corrected chi connectivity index (χ4v) is 4.99. The number of fused-ring (bicyclic) bond motifs is 1. The Labute approximate surface area is 215 Å². The zero-order valence-corrected chi connectivity index (χ0v) is 20.9. The van der Waals surface area contributed by atoms with E-state index >= 15 is 0 Å². The number of ether oxygens (including phenoxy) is 2. The summed E-state index contributed by atoms with van der Waals surface area (Å²) >= 11 is 0. The molecule has 4 aromatic rings. The Kier molecular flexibility index (Phi) is 7.28. The Balaban J connectivity index is 1.23. The van der Waals surface area contributed by atoms with Crippen LogP contribution in [-0.2, 0) is 13.2 Å². The van der Waals surface area contributed by atoms with Gasteiger partial charge in [-0.25, -0.2) is 9.59 Å². The fraction of sp³-hybridized carbons (Fsp3) is 0.310. The van der Waals surface area contributed by atoms with Crippen molar-refractivity contribution in [1.82, 2.24) is 14.5 Å². The number of hydrogen-bond donors (Lipinski definition) is 2. The number of piperidine rings is 1. The second-order valence-electron chi connectivity index (χ2n) is 9.33. The SMILES string of the molecule is CCOc1cc(CN2CCC(n3c(=O)[nH]c4cc(C(=O)O)ccc43)CC2)ccc1OCc1ccccc1. The number of imidazole rings is 1. The first-order valence-corrected chi connectivity index (χ1v) is 12.6. The van der Waals surface area contributed by atoms with E-state index < -0.39 is 5.97 Å². The summed E-state index contributed by atoms with van der Waals surface area (Å²) in [7, 11) is 0. The van der Waals surface area contributed by atoms with Crippen LogP contribution >= 0.6 is 0 Å². The number of aromatic carboxylic acids is 1. The number of likely N-dealkylation sites (tertiary alicyclic amines) is 1. The molecule has 0 aliphatic carbocycles. The van der Waals surface area contributed by atoms with Gasteiger partial charge in [0.25, 0.3) is 0 Å². The average molecular weight is 502 g/mol. The molecule has 1 aromatic heterocycles. The third-order valence-corrected chi connectivity index (χ3v) is 6.84. The quantitative estimate of drug-likeness (QED) is 0.341. The Morgan fingerprint density at radius 2 is 1.76 bits per heavy atom. The number of benzene rings is 3. The van der Waals surface area contributed by atoms with Crippen molar-refractivity contribution in [3.05, 3.63) is 93.9 Å². The molecule has 1 aliphatic heterocycles. The average Bonchev–Trinajstić information content (AvgIpc) is 3.24. The van der Waals surface area contributed by atoms with Crippen molar-refractivity contribution in [2.24, 2.45) is 0 Å². The molecule has 1 fully saturated rings. The van der Waals surface area contributed by atoms with Crippen LogP contribution in [-0.4, -0.2) is 45.2 Å². The van der Waals surface area contributed by atoms with Crippen LogP contribution < -0.4 is 15.2 Å². The van der Waals surface area contributed by atoms with Crippen LogP contribution in [0, 0.1) is 0 Å². The van der Waals surface area contributed by atoms with E-state index in [9.17, 15) is 14.7 Å². The van der Waals surface area contributed by atoms with Crippen LogP contribution in [0.1, 0.15) is 47.3 Å². The van der Waals surface area contributed by atoms with Gasteiger partial charge in [0.1, 0.15) is 6.61 Å². The van der Waals surface area contributed by atoms with Gasteiger partial charge in [0.15, 0.2) is 11.5 Å². The Hall–Kier alpha value is -4.04. The maximum atomic E-state index is 12.7. The number of hydrogen-bond acceptors (Lipinski definition) is 5. The topological polar surface area (TPSA) is 96.8 Å². The smallest absolute Gasteiger partial charge is 0.335 e. The molecule has 0 saturated carbocycles. The van der Waals surface area contributed by atoms with E-state index in [-0.39, 0.29) is 17.3 Å². The fourth-order valence-electron chi connectivity index (χ4n) is 4.99. The summed E-state index contributed by atoms with van der Waals surface area (Å²) < 4.78 is 13.7. The van der Waals surface area contributed by atoms with Crippen molar-refractivity contribution in [3.8, 4) is 11.5 Å². The number of nitrogens with one attached hydrogen (secondary N) is 1. The first kappa shape index (κ1) is 24.6. The van der Waals surface area contributed by atoms with E-state index in [1.54, 1.807) is 16.7 Å². The van der Waals surface area contributed by atoms with Crippen molar-refractivity contribution in [2.45, 2.75) is 39.0 Å². The minimum absolute atomic E-state index is 0.0703. The lowest BCUT2D eigenvalue weighted by molar-refractivity contribution is 0.0697.